The van der Waals surface area contributed by atoms with E-state index in [9.17, 15) is 4.39 Å². The average molecular weight is 319 g/mol. The molecular formula is C15H12BrFN2. The van der Waals surface area contributed by atoms with Gasteiger partial charge in [0.2, 0.25) is 0 Å². The lowest BCUT2D eigenvalue weighted by molar-refractivity contribution is 0.627. The second-order valence-electron chi connectivity index (χ2n) is 4.41. The first kappa shape index (κ1) is 12.4. The van der Waals surface area contributed by atoms with Crippen LogP contribution >= 0.6 is 15.9 Å². The van der Waals surface area contributed by atoms with Gasteiger partial charge in [0, 0.05) is 10.0 Å². The molecule has 2 nitrogen and oxygen atoms in total. The van der Waals surface area contributed by atoms with Crippen LogP contribution in [0.5, 0.6) is 0 Å². The predicted octanol–water partition coefficient (Wildman–Crippen LogP) is 4.69. The van der Waals surface area contributed by atoms with E-state index in [0.717, 1.165) is 28.8 Å². The van der Waals surface area contributed by atoms with Crippen molar-refractivity contribution in [3.05, 3.63) is 52.3 Å². The first-order valence-corrected chi connectivity index (χ1v) is 6.90. The minimum atomic E-state index is -0.264. The molecule has 0 fully saturated rings. The Labute approximate surface area is 118 Å². The van der Waals surface area contributed by atoms with E-state index in [-0.39, 0.29) is 5.82 Å². The number of aryl methyl sites for hydroxylation is 1. The number of aromatic amines is 1. The highest BCUT2D eigenvalue weighted by molar-refractivity contribution is 9.10. The first-order chi connectivity index (χ1) is 9.17. The van der Waals surface area contributed by atoms with Gasteiger partial charge in [-0.3, -0.25) is 0 Å². The maximum atomic E-state index is 13.1. The van der Waals surface area contributed by atoms with Crippen LogP contribution in [0.15, 0.2) is 40.9 Å². The normalized spacial score (nSPS) is 11.1. The van der Waals surface area contributed by atoms with Gasteiger partial charge in [0.1, 0.15) is 11.6 Å². The number of fused-ring (bicyclic) bond motifs is 1. The molecule has 96 valence electrons. The molecule has 3 rings (SSSR count). The number of aromatic nitrogens is 2. The van der Waals surface area contributed by atoms with Crippen molar-refractivity contribution in [1.29, 1.82) is 0 Å². The highest BCUT2D eigenvalue weighted by Crippen LogP contribution is 2.28. The third-order valence-electron chi connectivity index (χ3n) is 3.14. The summed E-state index contributed by atoms with van der Waals surface area (Å²) in [5.74, 6) is 0.482. The van der Waals surface area contributed by atoms with Crippen molar-refractivity contribution < 1.29 is 4.39 Å². The van der Waals surface area contributed by atoms with Crippen LogP contribution in [-0.2, 0) is 6.42 Å². The number of benzene rings is 2. The van der Waals surface area contributed by atoms with Gasteiger partial charge in [-0.05, 0) is 58.2 Å². The Bertz CT molecular complexity index is 749. The number of nitrogens with zero attached hydrogens (tertiary/aromatic N) is 1. The lowest BCUT2D eigenvalue weighted by atomic mass is 10.1. The van der Waals surface area contributed by atoms with Crippen LogP contribution in [0.3, 0.4) is 0 Å². The summed E-state index contributed by atoms with van der Waals surface area (Å²) < 4.78 is 13.8. The number of hydrogen-bond acceptors (Lipinski definition) is 1. The van der Waals surface area contributed by atoms with E-state index in [1.807, 2.05) is 6.07 Å². The van der Waals surface area contributed by atoms with Crippen LogP contribution in [-0.4, -0.2) is 9.97 Å². The van der Waals surface area contributed by atoms with Crippen LogP contribution in [0, 0.1) is 5.82 Å². The number of hydrogen-bond donors (Lipinski definition) is 1. The van der Waals surface area contributed by atoms with Crippen molar-refractivity contribution in [3.63, 3.8) is 0 Å². The molecule has 0 saturated heterocycles. The van der Waals surface area contributed by atoms with E-state index in [1.54, 1.807) is 6.07 Å². The molecule has 3 aromatic rings. The van der Waals surface area contributed by atoms with E-state index in [0.29, 0.717) is 4.47 Å². The Morgan fingerprint density at radius 2 is 2.05 bits per heavy atom. The molecule has 0 unspecified atom stereocenters. The van der Waals surface area contributed by atoms with Gasteiger partial charge in [0.25, 0.3) is 0 Å². The number of rotatable bonds is 2. The van der Waals surface area contributed by atoms with E-state index in [1.165, 1.54) is 17.7 Å². The summed E-state index contributed by atoms with van der Waals surface area (Å²) >= 11 is 3.37. The second kappa shape index (κ2) is 4.78. The SMILES string of the molecule is CCc1ccc2nc(-c3ccc(F)cc3Br)[nH]c2c1. The number of imidazole rings is 1. The largest absolute Gasteiger partial charge is 0.338 e. The fourth-order valence-corrected chi connectivity index (χ4v) is 2.62. The summed E-state index contributed by atoms with van der Waals surface area (Å²) in [5.41, 5.74) is 4.05. The summed E-state index contributed by atoms with van der Waals surface area (Å²) in [6, 6.07) is 10.8. The molecule has 1 aromatic heterocycles. The molecule has 2 aromatic carbocycles. The fourth-order valence-electron chi connectivity index (χ4n) is 2.09. The Morgan fingerprint density at radius 3 is 2.79 bits per heavy atom. The molecule has 0 aliphatic heterocycles. The molecule has 19 heavy (non-hydrogen) atoms. The maximum Gasteiger partial charge on any atom is 0.139 e. The minimum Gasteiger partial charge on any atom is -0.338 e. The number of halogens is 2. The quantitative estimate of drug-likeness (QED) is 0.729. The molecule has 0 saturated carbocycles. The zero-order valence-electron chi connectivity index (χ0n) is 10.4. The van der Waals surface area contributed by atoms with Crippen molar-refractivity contribution in [3.8, 4) is 11.4 Å². The summed E-state index contributed by atoms with van der Waals surface area (Å²) in [4.78, 5) is 7.82. The molecular weight excluding hydrogens is 307 g/mol. The van der Waals surface area contributed by atoms with Crippen LogP contribution in [0.2, 0.25) is 0 Å². The molecule has 1 N–H and O–H groups in total. The zero-order chi connectivity index (χ0) is 13.4. The van der Waals surface area contributed by atoms with Crippen LogP contribution in [0.25, 0.3) is 22.4 Å². The van der Waals surface area contributed by atoms with Gasteiger partial charge in [-0.25, -0.2) is 9.37 Å². The minimum absolute atomic E-state index is 0.264. The maximum absolute atomic E-state index is 13.1. The van der Waals surface area contributed by atoms with Gasteiger partial charge in [0.05, 0.1) is 11.0 Å². The topological polar surface area (TPSA) is 28.7 Å². The third-order valence-corrected chi connectivity index (χ3v) is 3.80. The summed E-state index contributed by atoms with van der Waals surface area (Å²) in [5, 5.41) is 0. The lowest BCUT2D eigenvalue weighted by Crippen LogP contribution is -1.83. The van der Waals surface area contributed by atoms with E-state index >= 15 is 0 Å². The van der Waals surface area contributed by atoms with Crippen LogP contribution in [0.1, 0.15) is 12.5 Å². The third kappa shape index (κ3) is 2.28. The summed E-state index contributed by atoms with van der Waals surface area (Å²) in [7, 11) is 0. The Kier molecular flexibility index (Phi) is 3.11. The van der Waals surface area contributed by atoms with E-state index in [2.05, 4.69) is 45.0 Å². The van der Waals surface area contributed by atoms with Gasteiger partial charge in [-0.1, -0.05) is 13.0 Å². The summed E-state index contributed by atoms with van der Waals surface area (Å²) in [6.07, 6.45) is 0.991. The van der Waals surface area contributed by atoms with Gasteiger partial charge in [0.15, 0.2) is 0 Å². The standard InChI is InChI=1S/C15H12BrFN2/c1-2-9-3-6-13-14(7-9)19-15(18-13)11-5-4-10(17)8-12(11)16/h3-8H,2H2,1H3,(H,18,19). The zero-order valence-corrected chi connectivity index (χ0v) is 12.0. The van der Waals surface area contributed by atoms with Crippen molar-refractivity contribution in [2.24, 2.45) is 0 Å². The lowest BCUT2D eigenvalue weighted by Gasteiger charge is -2.00. The van der Waals surface area contributed by atoms with Crippen molar-refractivity contribution in [2.45, 2.75) is 13.3 Å². The number of nitrogens with one attached hydrogen (secondary N) is 1. The van der Waals surface area contributed by atoms with Crippen molar-refractivity contribution >= 4 is 27.0 Å². The highest BCUT2D eigenvalue weighted by atomic mass is 79.9. The van der Waals surface area contributed by atoms with Crippen molar-refractivity contribution in [1.82, 2.24) is 9.97 Å². The molecule has 0 bridgehead atoms. The molecule has 0 aliphatic carbocycles. The van der Waals surface area contributed by atoms with E-state index in [4.69, 9.17) is 0 Å². The van der Waals surface area contributed by atoms with Gasteiger partial charge in [-0.2, -0.15) is 0 Å². The number of H-pyrrole nitrogens is 1. The average Bonchev–Trinajstić information content (AvgIpc) is 2.80. The van der Waals surface area contributed by atoms with Crippen LogP contribution in [0.4, 0.5) is 4.39 Å². The smallest absolute Gasteiger partial charge is 0.139 e. The predicted molar refractivity (Wildman–Crippen MR) is 78.6 cm³/mol. The fraction of sp³-hybridized carbons (Fsp3) is 0.133. The Morgan fingerprint density at radius 1 is 1.21 bits per heavy atom. The second-order valence-corrected chi connectivity index (χ2v) is 5.27. The molecule has 0 radical (unpaired) electrons. The molecule has 0 atom stereocenters. The first-order valence-electron chi connectivity index (χ1n) is 6.11. The van der Waals surface area contributed by atoms with E-state index < -0.39 is 0 Å². The molecule has 4 heteroatoms. The van der Waals surface area contributed by atoms with Gasteiger partial charge < -0.3 is 4.98 Å². The van der Waals surface area contributed by atoms with Crippen molar-refractivity contribution in [2.75, 3.05) is 0 Å². The molecule has 0 amide bonds. The highest BCUT2D eigenvalue weighted by Gasteiger charge is 2.09. The monoisotopic (exact) mass is 318 g/mol. The Hall–Kier alpha value is -1.68. The molecule has 0 aliphatic rings. The molecule has 0 spiro atoms. The van der Waals surface area contributed by atoms with Crippen LogP contribution < -0.4 is 0 Å². The summed E-state index contributed by atoms with van der Waals surface area (Å²) in [6.45, 7) is 2.12. The van der Waals surface area contributed by atoms with Gasteiger partial charge in [-0.15, -0.1) is 0 Å². The van der Waals surface area contributed by atoms with Gasteiger partial charge >= 0.3 is 0 Å². The Balaban J connectivity index is 2.14. The molecule has 1 heterocycles.